The van der Waals surface area contributed by atoms with E-state index in [1.165, 1.54) is 12.1 Å². The Kier molecular flexibility index (Phi) is 4.44. The lowest BCUT2D eigenvalue weighted by Gasteiger charge is -2.16. The van der Waals surface area contributed by atoms with Crippen LogP contribution in [0.5, 0.6) is 0 Å². The van der Waals surface area contributed by atoms with Crippen molar-refractivity contribution >= 4 is 0 Å². The van der Waals surface area contributed by atoms with Crippen LogP contribution in [0.4, 0.5) is 13.2 Å². The molecule has 20 heavy (non-hydrogen) atoms. The number of alkyl halides is 3. The summed E-state index contributed by atoms with van der Waals surface area (Å²) in [5.74, 6) is 0.784. The lowest BCUT2D eigenvalue weighted by molar-refractivity contribution is -0.137. The van der Waals surface area contributed by atoms with Crippen molar-refractivity contribution in [1.82, 2.24) is 15.3 Å². The third kappa shape index (κ3) is 3.60. The van der Waals surface area contributed by atoms with Crippen LogP contribution in [0, 0.1) is 0 Å². The molecule has 0 saturated carbocycles. The van der Waals surface area contributed by atoms with Gasteiger partial charge in [0.05, 0.1) is 11.6 Å². The number of aromatic amines is 1. The highest BCUT2D eigenvalue weighted by atomic mass is 19.4. The molecular formula is C14H16F3N3. The molecule has 0 aliphatic rings. The van der Waals surface area contributed by atoms with Crippen molar-refractivity contribution in [2.75, 3.05) is 6.54 Å². The number of halogens is 3. The zero-order valence-corrected chi connectivity index (χ0v) is 11.0. The van der Waals surface area contributed by atoms with E-state index in [9.17, 15) is 13.2 Å². The fraction of sp³-hybridized carbons (Fsp3) is 0.357. The van der Waals surface area contributed by atoms with Crippen LogP contribution < -0.4 is 5.32 Å². The number of likely N-dealkylation sites (N-methyl/N-ethyl adjacent to an activating group) is 1. The van der Waals surface area contributed by atoms with Crippen molar-refractivity contribution in [1.29, 1.82) is 0 Å². The Hall–Kier alpha value is -1.82. The second kappa shape index (κ2) is 6.09. The second-order valence-electron chi connectivity index (χ2n) is 4.48. The third-order valence-electron chi connectivity index (χ3n) is 3.02. The summed E-state index contributed by atoms with van der Waals surface area (Å²) in [4.78, 5) is 7.21. The fourth-order valence-electron chi connectivity index (χ4n) is 2.05. The van der Waals surface area contributed by atoms with E-state index in [4.69, 9.17) is 0 Å². The van der Waals surface area contributed by atoms with Gasteiger partial charge in [-0.2, -0.15) is 13.2 Å². The third-order valence-corrected chi connectivity index (χ3v) is 3.02. The Morgan fingerprint density at radius 1 is 1.25 bits per heavy atom. The predicted molar refractivity (Wildman–Crippen MR) is 70.2 cm³/mol. The molecule has 108 valence electrons. The van der Waals surface area contributed by atoms with E-state index in [1.54, 1.807) is 12.4 Å². The first-order valence-corrected chi connectivity index (χ1v) is 6.39. The van der Waals surface area contributed by atoms with Crippen LogP contribution in [-0.2, 0) is 12.6 Å². The van der Waals surface area contributed by atoms with Crippen LogP contribution >= 0.6 is 0 Å². The average molecular weight is 283 g/mol. The first-order chi connectivity index (χ1) is 9.50. The van der Waals surface area contributed by atoms with Crippen molar-refractivity contribution < 1.29 is 13.2 Å². The summed E-state index contributed by atoms with van der Waals surface area (Å²) in [5.41, 5.74) is 0.208. The molecule has 2 aromatic rings. The molecule has 1 heterocycles. The van der Waals surface area contributed by atoms with Crippen LogP contribution in [0.25, 0.3) is 0 Å². The van der Waals surface area contributed by atoms with Gasteiger partial charge in [0.2, 0.25) is 0 Å². The molecule has 6 heteroatoms. The molecule has 0 radical (unpaired) electrons. The monoisotopic (exact) mass is 283 g/mol. The Morgan fingerprint density at radius 3 is 2.45 bits per heavy atom. The van der Waals surface area contributed by atoms with Gasteiger partial charge in [0.25, 0.3) is 0 Å². The molecule has 0 amide bonds. The van der Waals surface area contributed by atoms with E-state index in [0.29, 0.717) is 6.42 Å². The Balaban J connectivity index is 2.11. The van der Waals surface area contributed by atoms with E-state index in [2.05, 4.69) is 15.3 Å². The zero-order chi connectivity index (χ0) is 14.6. The second-order valence-corrected chi connectivity index (χ2v) is 4.48. The number of hydrogen-bond donors (Lipinski definition) is 2. The summed E-state index contributed by atoms with van der Waals surface area (Å²) < 4.78 is 37.5. The summed E-state index contributed by atoms with van der Waals surface area (Å²) in [6.45, 7) is 2.73. The molecule has 1 unspecified atom stereocenters. The number of rotatable bonds is 5. The molecular weight excluding hydrogens is 267 g/mol. The number of hydrogen-bond acceptors (Lipinski definition) is 2. The summed E-state index contributed by atoms with van der Waals surface area (Å²) in [5, 5.41) is 3.26. The maximum Gasteiger partial charge on any atom is 0.416 e. The van der Waals surface area contributed by atoms with Crippen molar-refractivity contribution in [2.24, 2.45) is 0 Å². The van der Waals surface area contributed by atoms with Crippen LogP contribution in [-0.4, -0.2) is 16.5 Å². The van der Waals surface area contributed by atoms with E-state index in [1.807, 2.05) is 6.92 Å². The number of nitrogens with zero attached hydrogens (tertiary/aromatic N) is 1. The van der Waals surface area contributed by atoms with Gasteiger partial charge in [0, 0.05) is 12.4 Å². The minimum Gasteiger partial charge on any atom is -0.347 e. The number of nitrogens with one attached hydrogen (secondary N) is 2. The Morgan fingerprint density at radius 2 is 1.95 bits per heavy atom. The maximum absolute atomic E-state index is 12.5. The van der Waals surface area contributed by atoms with Gasteiger partial charge in [-0.25, -0.2) is 4.98 Å². The molecule has 0 saturated heterocycles. The molecule has 2 rings (SSSR count). The molecule has 0 aliphatic carbocycles. The van der Waals surface area contributed by atoms with Gasteiger partial charge in [0.1, 0.15) is 5.82 Å². The van der Waals surface area contributed by atoms with Gasteiger partial charge in [0.15, 0.2) is 0 Å². The van der Waals surface area contributed by atoms with Gasteiger partial charge in [-0.3, -0.25) is 0 Å². The summed E-state index contributed by atoms with van der Waals surface area (Å²) in [6, 6.07) is 5.21. The predicted octanol–water partition coefficient (Wildman–Crippen LogP) is 3.32. The van der Waals surface area contributed by atoms with Crippen LogP contribution in [0.2, 0.25) is 0 Å². The van der Waals surface area contributed by atoms with Gasteiger partial charge >= 0.3 is 6.18 Å². The van der Waals surface area contributed by atoms with Crippen molar-refractivity contribution in [3.05, 3.63) is 53.6 Å². The van der Waals surface area contributed by atoms with Gasteiger partial charge < -0.3 is 10.3 Å². The molecule has 1 atom stereocenters. The first kappa shape index (κ1) is 14.6. The highest BCUT2D eigenvalue weighted by Crippen LogP contribution is 2.29. The van der Waals surface area contributed by atoms with Gasteiger partial charge in [-0.15, -0.1) is 0 Å². The fourth-order valence-corrected chi connectivity index (χ4v) is 2.05. The Labute approximate surface area is 115 Å². The van der Waals surface area contributed by atoms with E-state index in [0.717, 1.165) is 30.1 Å². The summed E-state index contributed by atoms with van der Waals surface area (Å²) in [6.07, 6.45) is -0.320. The average Bonchev–Trinajstić information content (AvgIpc) is 2.91. The standard InChI is InChI=1S/C14H16F3N3/c1-2-18-12(13-19-7-8-20-13)9-10-3-5-11(6-4-10)14(15,16)17/h3-8,12,18H,2,9H2,1H3,(H,19,20). The molecule has 3 nitrogen and oxygen atoms in total. The topological polar surface area (TPSA) is 40.7 Å². The van der Waals surface area contributed by atoms with E-state index < -0.39 is 11.7 Å². The molecule has 0 aliphatic heterocycles. The van der Waals surface area contributed by atoms with Gasteiger partial charge in [-0.05, 0) is 30.7 Å². The number of aromatic nitrogens is 2. The van der Waals surface area contributed by atoms with Crippen LogP contribution in [0.3, 0.4) is 0 Å². The molecule has 0 fully saturated rings. The maximum atomic E-state index is 12.5. The molecule has 2 N–H and O–H groups in total. The highest BCUT2D eigenvalue weighted by Gasteiger charge is 2.30. The van der Waals surface area contributed by atoms with Crippen molar-refractivity contribution in [3.8, 4) is 0 Å². The zero-order valence-electron chi connectivity index (χ0n) is 11.0. The smallest absolute Gasteiger partial charge is 0.347 e. The lowest BCUT2D eigenvalue weighted by Crippen LogP contribution is -2.24. The normalized spacial score (nSPS) is 13.4. The SMILES string of the molecule is CCNC(Cc1ccc(C(F)(F)F)cc1)c1ncc[nH]1. The minimum atomic E-state index is -4.29. The van der Waals surface area contributed by atoms with Crippen LogP contribution in [0.1, 0.15) is 29.9 Å². The summed E-state index contributed by atoms with van der Waals surface area (Å²) in [7, 11) is 0. The largest absolute Gasteiger partial charge is 0.416 e. The number of benzene rings is 1. The molecule has 0 spiro atoms. The molecule has 1 aromatic carbocycles. The quantitative estimate of drug-likeness (QED) is 0.883. The van der Waals surface area contributed by atoms with Crippen LogP contribution in [0.15, 0.2) is 36.7 Å². The molecule has 0 bridgehead atoms. The number of imidazole rings is 1. The lowest BCUT2D eigenvalue weighted by atomic mass is 10.0. The van der Waals surface area contributed by atoms with E-state index in [-0.39, 0.29) is 6.04 Å². The Bertz CT molecular complexity index is 518. The number of H-pyrrole nitrogens is 1. The molecule has 1 aromatic heterocycles. The van der Waals surface area contributed by atoms with Crippen molar-refractivity contribution in [2.45, 2.75) is 25.6 Å². The first-order valence-electron chi connectivity index (χ1n) is 6.39. The van der Waals surface area contributed by atoms with Crippen molar-refractivity contribution in [3.63, 3.8) is 0 Å². The minimum absolute atomic E-state index is 0.0354. The highest BCUT2D eigenvalue weighted by molar-refractivity contribution is 5.25. The van der Waals surface area contributed by atoms with E-state index >= 15 is 0 Å². The van der Waals surface area contributed by atoms with Gasteiger partial charge in [-0.1, -0.05) is 19.1 Å². The summed E-state index contributed by atoms with van der Waals surface area (Å²) >= 11 is 0.